The first-order chi connectivity index (χ1) is 25.5. The summed E-state index contributed by atoms with van der Waals surface area (Å²) in [7, 11) is 0. The first-order valence-electron chi connectivity index (χ1n) is 15.0. The zero-order valence-corrected chi connectivity index (χ0v) is 28.7. The summed E-state index contributed by atoms with van der Waals surface area (Å²) in [5.41, 5.74) is -0.584. The Hall–Kier alpha value is -6.76. The van der Waals surface area contributed by atoms with Crippen molar-refractivity contribution in [3.63, 3.8) is 0 Å². The number of benzene rings is 6. The fraction of sp³-hybridized carbons (Fsp3) is 0. The number of aromatic hydroxyl groups is 3. The maximum atomic E-state index is 13.5. The Morgan fingerprint density at radius 3 is 0.818 bits per heavy atom. The molecule has 6 rings (SSSR count). The van der Waals surface area contributed by atoms with Crippen molar-refractivity contribution in [1.82, 2.24) is 0 Å². The van der Waals surface area contributed by atoms with Crippen LogP contribution >= 0.6 is 0 Å². The van der Waals surface area contributed by atoms with Gasteiger partial charge in [-0.25, -0.2) is 26.3 Å². The van der Waals surface area contributed by atoms with E-state index < -0.39 is 86.8 Å². The summed E-state index contributed by atoms with van der Waals surface area (Å²) in [6.07, 6.45) is 0. The van der Waals surface area contributed by atoms with Crippen LogP contribution in [0, 0.1) is 34.9 Å². The molecule has 0 bridgehead atoms. The Balaban J connectivity index is 0.000000220. The van der Waals surface area contributed by atoms with E-state index in [0.717, 1.165) is 54.6 Å². The Bertz CT molecular complexity index is 2140. The second kappa shape index (κ2) is 18.3. The van der Waals surface area contributed by atoms with Gasteiger partial charge in [0.1, 0.15) is 52.2 Å². The number of carbonyl (C=O) groups is 3. The average Bonchev–Trinajstić information content (AvgIpc) is 3.10. The second-order valence-corrected chi connectivity index (χ2v) is 10.9. The minimum atomic E-state index is -1.57. The summed E-state index contributed by atoms with van der Waals surface area (Å²) >= 11 is 0. The van der Waals surface area contributed by atoms with Gasteiger partial charge in [-0.05, 0) is 89.5 Å². The Morgan fingerprint density at radius 2 is 0.618 bits per heavy atom. The molecule has 9 nitrogen and oxygen atoms in total. The van der Waals surface area contributed by atoms with E-state index in [2.05, 4.69) is 0 Å². The minimum Gasteiger partial charge on any atom is -0.545 e. The van der Waals surface area contributed by atoms with Crippen molar-refractivity contribution in [1.29, 1.82) is 0 Å². The van der Waals surface area contributed by atoms with E-state index in [1.54, 1.807) is 0 Å². The van der Waals surface area contributed by atoms with Gasteiger partial charge in [-0.1, -0.05) is 18.2 Å². The van der Waals surface area contributed by atoms with Crippen molar-refractivity contribution < 1.29 is 71.4 Å². The Morgan fingerprint density at radius 1 is 0.382 bits per heavy atom. The van der Waals surface area contributed by atoms with Gasteiger partial charge in [0, 0.05) is 51.6 Å². The number of aromatic carboxylic acids is 3. The molecule has 0 atom stereocenters. The van der Waals surface area contributed by atoms with Crippen LogP contribution in [-0.2, 0) is 0 Å². The maximum absolute atomic E-state index is 13.5. The monoisotopic (exact) mass is 774 g/mol. The molecule has 0 saturated carbocycles. The van der Waals surface area contributed by atoms with Crippen LogP contribution in [-0.4, -0.2) is 50.6 Å². The van der Waals surface area contributed by atoms with Gasteiger partial charge in [0.15, 0.2) is 0 Å². The van der Waals surface area contributed by atoms with E-state index in [-0.39, 0.29) is 50.7 Å². The van der Waals surface area contributed by atoms with Crippen molar-refractivity contribution in [3.05, 3.63) is 161 Å². The minimum absolute atomic E-state index is 0. The zero-order valence-electron chi connectivity index (χ0n) is 27.5. The summed E-state index contributed by atoms with van der Waals surface area (Å²) < 4.78 is 78.8. The number of halogens is 6. The topological polar surface area (TPSA) is 181 Å². The third-order valence-electron chi connectivity index (χ3n) is 7.38. The first kappa shape index (κ1) is 42.7. The van der Waals surface area contributed by atoms with Crippen LogP contribution in [0.15, 0.2) is 109 Å². The summed E-state index contributed by atoms with van der Waals surface area (Å²) in [4.78, 5) is 32.2. The average molecular weight is 775 g/mol. The molecule has 0 saturated heterocycles. The molecular weight excluding hydrogens is 753 g/mol. The van der Waals surface area contributed by atoms with Crippen molar-refractivity contribution in [3.8, 4) is 50.6 Å². The van der Waals surface area contributed by atoms with E-state index in [1.807, 2.05) is 0 Å². The van der Waals surface area contributed by atoms with Gasteiger partial charge in [0.05, 0.1) is 17.9 Å². The SMILES string of the molecule is O=C([O-])c1cc(-c2ccc(F)cc2F)ccc1O.O=C([O-])c1cc(-c2ccc(F)cc2F)ccc1O.O=C([O-])c1cc(-c2ccc(F)cc2F)ccc1O.[Al+3]. The maximum Gasteiger partial charge on any atom is 3.00 e. The van der Waals surface area contributed by atoms with Crippen LogP contribution in [0.25, 0.3) is 33.4 Å². The molecule has 0 aliphatic rings. The van der Waals surface area contributed by atoms with Gasteiger partial charge in [-0.15, -0.1) is 0 Å². The van der Waals surface area contributed by atoms with Crippen molar-refractivity contribution in [2.24, 2.45) is 0 Å². The third kappa shape index (κ3) is 10.7. The van der Waals surface area contributed by atoms with Gasteiger partial charge in [0.25, 0.3) is 0 Å². The summed E-state index contributed by atoms with van der Waals surface area (Å²) in [5, 5.41) is 60.0. The molecule has 3 N–H and O–H groups in total. The summed E-state index contributed by atoms with van der Waals surface area (Å²) in [5.74, 6) is -10.8. The van der Waals surface area contributed by atoms with E-state index in [0.29, 0.717) is 18.2 Å². The van der Waals surface area contributed by atoms with Crippen molar-refractivity contribution >= 4 is 35.3 Å². The zero-order chi connectivity index (χ0) is 39.9. The Labute approximate surface area is 317 Å². The summed E-state index contributed by atoms with van der Waals surface area (Å²) in [6, 6.07) is 19.4. The van der Waals surface area contributed by atoms with Crippen molar-refractivity contribution in [2.45, 2.75) is 0 Å². The molecule has 0 spiro atoms. The van der Waals surface area contributed by atoms with E-state index in [1.165, 1.54) is 36.4 Å². The normalized spacial score (nSPS) is 10.1. The molecule has 6 aromatic rings. The number of hydrogen-bond donors (Lipinski definition) is 3. The third-order valence-corrected chi connectivity index (χ3v) is 7.38. The van der Waals surface area contributed by atoms with Crippen LogP contribution in [0.5, 0.6) is 17.2 Å². The molecule has 6 aromatic carbocycles. The number of carboxylic acid groups (broad SMARTS) is 3. The standard InChI is InChI=1S/3C13H8F2O3.Al/c3*14-8-2-3-9(11(15)6-8)7-1-4-12(16)10(5-7)13(17)18;/h3*1-6,16H,(H,17,18);/q;;;+3/p-3. The number of rotatable bonds is 6. The number of carboxylic acids is 3. The van der Waals surface area contributed by atoms with Gasteiger partial charge < -0.3 is 45.0 Å². The second-order valence-electron chi connectivity index (χ2n) is 10.9. The van der Waals surface area contributed by atoms with Crippen LogP contribution in [0.3, 0.4) is 0 Å². The number of carbonyl (C=O) groups excluding carboxylic acids is 3. The van der Waals surface area contributed by atoms with Crippen LogP contribution in [0.4, 0.5) is 26.3 Å². The summed E-state index contributed by atoms with van der Waals surface area (Å²) in [6.45, 7) is 0. The van der Waals surface area contributed by atoms with E-state index in [4.69, 9.17) is 0 Å². The molecule has 0 radical (unpaired) electrons. The number of hydrogen-bond acceptors (Lipinski definition) is 9. The van der Waals surface area contributed by atoms with Gasteiger partial charge in [0.2, 0.25) is 0 Å². The van der Waals surface area contributed by atoms with Gasteiger partial charge in [-0.3, -0.25) is 0 Å². The van der Waals surface area contributed by atoms with Gasteiger partial charge in [-0.2, -0.15) is 0 Å². The molecule has 276 valence electrons. The fourth-order valence-electron chi connectivity index (χ4n) is 4.77. The first-order valence-corrected chi connectivity index (χ1v) is 15.0. The molecule has 0 fully saturated rings. The largest absolute Gasteiger partial charge is 3.00 e. The molecule has 0 aliphatic heterocycles. The predicted octanol–water partition coefficient (Wildman–Crippen LogP) is 4.72. The van der Waals surface area contributed by atoms with E-state index in [9.17, 15) is 71.4 Å². The number of phenols is 3. The van der Waals surface area contributed by atoms with E-state index >= 15 is 0 Å². The van der Waals surface area contributed by atoms with Crippen LogP contribution < -0.4 is 15.3 Å². The predicted molar refractivity (Wildman–Crippen MR) is 179 cm³/mol. The quantitative estimate of drug-likeness (QED) is 0.159. The Kier molecular flexibility index (Phi) is 14.2. The smallest absolute Gasteiger partial charge is 0.545 e. The molecule has 0 aliphatic carbocycles. The molecule has 0 unspecified atom stereocenters. The molecule has 0 aromatic heterocycles. The molecule has 16 heteroatoms. The van der Waals surface area contributed by atoms with Gasteiger partial charge >= 0.3 is 17.4 Å². The molecular formula is C39H21AlF6O9. The molecule has 55 heavy (non-hydrogen) atoms. The molecule has 0 amide bonds. The van der Waals surface area contributed by atoms with Crippen LogP contribution in [0.1, 0.15) is 31.1 Å². The van der Waals surface area contributed by atoms with Crippen LogP contribution in [0.2, 0.25) is 0 Å². The van der Waals surface area contributed by atoms with Crippen molar-refractivity contribution in [2.75, 3.05) is 0 Å². The fourth-order valence-corrected chi connectivity index (χ4v) is 4.77. The molecule has 0 heterocycles.